The van der Waals surface area contributed by atoms with Gasteiger partial charge in [0.2, 0.25) is 10.0 Å². The fourth-order valence-electron chi connectivity index (χ4n) is 4.19. The Morgan fingerprint density at radius 2 is 1.74 bits per heavy atom. The molecule has 0 radical (unpaired) electrons. The number of amides is 1. The molecule has 4 rings (SSSR count). The third-order valence-corrected chi connectivity index (χ3v) is 7.86. The van der Waals surface area contributed by atoms with Gasteiger partial charge in [0, 0.05) is 37.6 Å². The molecule has 1 saturated heterocycles. The Kier molecular flexibility index (Phi) is 6.43. The smallest absolute Gasteiger partial charge is 0.267 e. The van der Waals surface area contributed by atoms with Gasteiger partial charge in [-0.05, 0) is 55.5 Å². The zero-order chi connectivity index (χ0) is 21.8. The second-order valence-electron chi connectivity index (χ2n) is 8.12. The molecule has 3 aromatic rings. The average molecular weight is 440 g/mol. The molecule has 1 fully saturated rings. The quantitative estimate of drug-likeness (QED) is 0.571. The van der Waals surface area contributed by atoms with E-state index in [9.17, 15) is 13.2 Å². The van der Waals surface area contributed by atoms with E-state index in [1.807, 2.05) is 29.8 Å². The molecule has 0 spiro atoms. The number of piperidine rings is 1. The van der Waals surface area contributed by atoms with Crippen LogP contribution in [0, 0.1) is 0 Å². The highest BCUT2D eigenvalue weighted by atomic mass is 32.2. The van der Waals surface area contributed by atoms with Crippen molar-refractivity contribution in [3.63, 3.8) is 0 Å². The van der Waals surface area contributed by atoms with Crippen molar-refractivity contribution in [2.45, 2.75) is 37.0 Å². The number of carbonyl (C=O) groups excluding carboxylic acids is 1. The summed E-state index contributed by atoms with van der Waals surface area (Å²) < 4.78 is 29.4. The maximum atomic E-state index is 13.0. The molecule has 1 amide bonds. The van der Waals surface area contributed by atoms with Crippen LogP contribution in [0.1, 0.15) is 41.7 Å². The van der Waals surface area contributed by atoms with Gasteiger partial charge in [-0.2, -0.15) is 4.31 Å². The first kappa shape index (κ1) is 21.6. The molecule has 1 N–H and O–H groups in total. The lowest BCUT2D eigenvalue weighted by Crippen LogP contribution is -2.35. The summed E-state index contributed by atoms with van der Waals surface area (Å²) in [5.74, 6) is -0.146. The molecule has 0 bridgehead atoms. The maximum Gasteiger partial charge on any atom is 0.267 e. The van der Waals surface area contributed by atoms with Crippen LogP contribution < -0.4 is 5.32 Å². The molecule has 31 heavy (non-hydrogen) atoms. The van der Waals surface area contributed by atoms with Gasteiger partial charge in [0.05, 0.1) is 4.90 Å². The first-order chi connectivity index (χ1) is 15.0. The van der Waals surface area contributed by atoms with Crippen molar-refractivity contribution in [2.75, 3.05) is 19.6 Å². The summed E-state index contributed by atoms with van der Waals surface area (Å²) in [5.41, 5.74) is 2.62. The van der Waals surface area contributed by atoms with Crippen molar-refractivity contribution in [3.8, 4) is 0 Å². The van der Waals surface area contributed by atoms with E-state index in [2.05, 4.69) is 17.4 Å². The van der Waals surface area contributed by atoms with Crippen LogP contribution in [-0.4, -0.2) is 42.8 Å². The number of benzene rings is 2. The van der Waals surface area contributed by atoms with Gasteiger partial charge in [0.1, 0.15) is 5.69 Å². The van der Waals surface area contributed by atoms with Crippen LogP contribution in [-0.2, 0) is 23.5 Å². The van der Waals surface area contributed by atoms with Gasteiger partial charge in [-0.25, -0.2) is 8.42 Å². The van der Waals surface area contributed by atoms with Crippen molar-refractivity contribution in [3.05, 3.63) is 65.9 Å². The second kappa shape index (κ2) is 9.24. The van der Waals surface area contributed by atoms with Crippen molar-refractivity contribution in [2.24, 2.45) is 7.05 Å². The molecule has 1 aromatic heterocycles. The Labute approximate surface area is 183 Å². The van der Waals surface area contributed by atoms with E-state index in [4.69, 9.17) is 0 Å². The number of rotatable bonds is 7. The molecule has 6 nitrogen and oxygen atoms in total. The first-order valence-electron chi connectivity index (χ1n) is 10.9. The van der Waals surface area contributed by atoms with Crippen LogP contribution in [0.2, 0.25) is 0 Å². The fraction of sp³-hybridized carbons (Fsp3) is 0.375. The predicted octanol–water partition coefficient (Wildman–Crippen LogP) is 3.72. The fourth-order valence-corrected chi connectivity index (χ4v) is 5.74. The predicted molar refractivity (Wildman–Crippen MR) is 123 cm³/mol. The van der Waals surface area contributed by atoms with Crippen LogP contribution in [0.4, 0.5) is 0 Å². The third-order valence-electron chi connectivity index (χ3n) is 5.97. The van der Waals surface area contributed by atoms with Crippen LogP contribution in [0.3, 0.4) is 0 Å². The van der Waals surface area contributed by atoms with E-state index >= 15 is 0 Å². The number of sulfonamides is 1. The number of fused-ring (bicyclic) bond motifs is 1. The SMILES string of the molecule is Cn1c(C(=O)NCCCc2ccccc2)cc2cc(S(=O)(=O)N3CCCCC3)ccc21. The van der Waals surface area contributed by atoms with Crippen molar-refractivity contribution < 1.29 is 13.2 Å². The molecule has 164 valence electrons. The number of aryl methyl sites for hydroxylation is 2. The Bertz CT molecular complexity index is 1160. The molecule has 2 heterocycles. The highest BCUT2D eigenvalue weighted by Gasteiger charge is 2.26. The summed E-state index contributed by atoms with van der Waals surface area (Å²) in [7, 11) is -1.66. The summed E-state index contributed by atoms with van der Waals surface area (Å²) in [6.45, 7) is 1.74. The lowest BCUT2D eigenvalue weighted by atomic mass is 10.1. The summed E-state index contributed by atoms with van der Waals surface area (Å²) >= 11 is 0. The monoisotopic (exact) mass is 439 g/mol. The molecule has 1 aliphatic rings. The number of hydrogen-bond acceptors (Lipinski definition) is 3. The Morgan fingerprint density at radius 1 is 1.00 bits per heavy atom. The standard InChI is InChI=1S/C24H29N3O3S/c1-26-22-13-12-21(31(29,30)27-15-6-3-7-16-27)17-20(22)18-23(26)24(28)25-14-8-11-19-9-4-2-5-10-19/h2,4-5,9-10,12-13,17-18H,3,6-8,11,14-16H2,1H3,(H,25,28). The summed E-state index contributed by atoms with van der Waals surface area (Å²) in [6, 6.07) is 17.1. The minimum Gasteiger partial charge on any atom is -0.351 e. The van der Waals surface area contributed by atoms with E-state index in [1.165, 1.54) is 5.56 Å². The van der Waals surface area contributed by atoms with Crippen LogP contribution in [0.25, 0.3) is 10.9 Å². The van der Waals surface area contributed by atoms with Gasteiger partial charge < -0.3 is 9.88 Å². The number of hydrogen-bond donors (Lipinski definition) is 1. The van der Waals surface area contributed by atoms with Gasteiger partial charge in [-0.3, -0.25) is 4.79 Å². The summed E-state index contributed by atoms with van der Waals surface area (Å²) in [4.78, 5) is 13.0. The van der Waals surface area contributed by atoms with Gasteiger partial charge in [0.15, 0.2) is 0 Å². The van der Waals surface area contributed by atoms with Crippen molar-refractivity contribution in [1.82, 2.24) is 14.2 Å². The molecular weight excluding hydrogens is 410 g/mol. The zero-order valence-corrected chi connectivity index (χ0v) is 18.7. The van der Waals surface area contributed by atoms with Crippen molar-refractivity contribution in [1.29, 1.82) is 0 Å². The molecule has 1 aliphatic heterocycles. The van der Waals surface area contributed by atoms with E-state index < -0.39 is 10.0 Å². The van der Waals surface area contributed by atoms with Gasteiger partial charge in [-0.1, -0.05) is 36.8 Å². The number of nitrogens with one attached hydrogen (secondary N) is 1. The van der Waals surface area contributed by atoms with E-state index in [-0.39, 0.29) is 5.91 Å². The molecule has 0 unspecified atom stereocenters. The Balaban J connectivity index is 1.46. The van der Waals surface area contributed by atoms with Crippen molar-refractivity contribution >= 4 is 26.8 Å². The number of carbonyl (C=O) groups is 1. The van der Waals surface area contributed by atoms with Gasteiger partial charge in [-0.15, -0.1) is 0 Å². The van der Waals surface area contributed by atoms with E-state index in [0.29, 0.717) is 30.2 Å². The second-order valence-corrected chi connectivity index (χ2v) is 10.1. The topological polar surface area (TPSA) is 71.4 Å². The lowest BCUT2D eigenvalue weighted by Gasteiger charge is -2.25. The number of aromatic nitrogens is 1. The molecule has 2 aromatic carbocycles. The Hall–Kier alpha value is -2.64. The van der Waals surface area contributed by atoms with Crippen LogP contribution in [0.15, 0.2) is 59.5 Å². The normalized spacial score (nSPS) is 15.3. The summed E-state index contributed by atoms with van der Waals surface area (Å²) in [6.07, 6.45) is 4.66. The highest BCUT2D eigenvalue weighted by Crippen LogP contribution is 2.26. The Morgan fingerprint density at radius 3 is 2.48 bits per heavy atom. The van der Waals surface area contributed by atoms with E-state index in [0.717, 1.165) is 43.0 Å². The average Bonchev–Trinajstić information content (AvgIpc) is 3.14. The minimum atomic E-state index is -3.50. The lowest BCUT2D eigenvalue weighted by molar-refractivity contribution is 0.0945. The first-order valence-corrected chi connectivity index (χ1v) is 12.3. The highest BCUT2D eigenvalue weighted by molar-refractivity contribution is 7.89. The molecule has 7 heteroatoms. The molecule has 0 atom stereocenters. The summed E-state index contributed by atoms with van der Waals surface area (Å²) in [5, 5.41) is 3.74. The zero-order valence-electron chi connectivity index (χ0n) is 17.9. The van der Waals surface area contributed by atoms with Gasteiger partial charge in [0.25, 0.3) is 5.91 Å². The maximum absolute atomic E-state index is 13.0. The molecule has 0 saturated carbocycles. The minimum absolute atomic E-state index is 0.146. The van der Waals surface area contributed by atoms with E-state index in [1.54, 1.807) is 28.6 Å². The van der Waals surface area contributed by atoms with Gasteiger partial charge >= 0.3 is 0 Å². The number of nitrogens with zero attached hydrogens (tertiary/aromatic N) is 2. The molecule has 0 aliphatic carbocycles. The van der Waals surface area contributed by atoms with Crippen LogP contribution >= 0.6 is 0 Å². The third kappa shape index (κ3) is 4.67. The molecular formula is C24H29N3O3S. The van der Waals surface area contributed by atoms with Crippen LogP contribution in [0.5, 0.6) is 0 Å². The largest absolute Gasteiger partial charge is 0.351 e.